The van der Waals surface area contributed by atoms with E-state index >= 15 is 0 Å². The summed E-state index contributed by atoms with van der Waals surface area (Å²) in [6.45, 7) is 2.49. The average Bonchev–Trinajstić information content (AvgIpc) is 3.42. The maximum absolute atomic E-state index is 12.9. The van der Waals surface area contributed by atoms with Crippen molar-refractivity contribution in [3.63, 3.8) is 0 Å². The van der Waals surface area contributed by atoms with Crippen molar-refractivity contribution in [1.82, 2.24) is 0 Å². The lowest BCUT2D eigenvalue weighted by Crippen LogP contribution is -2.30. The van der Waals surface area contributed by atoms with Gasteiger partial charge in [0.25, 0.3) is 0 Å². The van der Waals surface area contributed by atoms with Gasteiger partial charge in [-0.15, -0.1) is 0 Å². The number of unbranched alkanes of at least 4 members (excludes halogenated alkanes) is 25. The van der Waals surface area contributed by atoms with E-state index in [-0.39, 0.29) is 19.3 Å². The molecule has 0 aromatic carbocycles. The normalized spacial score (nSPS) is 14.9. The molecule has 0 heterocycles. The van der Waals surface area contributed by atoms with E-state index in [2.05, 4.69) is 81.5 Å². The van der Waals surface area contributed by atoms with E-state index in [1.54, 1.807) is 0 Å². The van der Waals surface area contributed by atoms with Crippen LogP contribution < -0.4 is 0 Å². The van der Waals surface area contributed by atoms with Gasteiger partial charge in [0.2, 0.25) is 0 Å². The fourth-order valence-electron chi connectivity index (χ4n) is 8.03. The lowest BCUT2D eigenvalue weighted by Gasteiger charge is -2.21. The summed E-state index contributed by atoms with van der Waals surface area (Å²) in [5.74, 6) is -1.60. The molecule has 16 nitrogen and oxygen atoms in total. The molecule has 0 bridgehead atoms. The molecule has 0 saturated heterocycles. The molecular formula is C61H110O16P2. The van der Waals surface area contributed by atoms with E-state index in [1.807, 2.05) is 0 Å². The van der Waals surface area contributed by atoms with Crippen molar-refractivity contribution in [2.75, 3.05) is 39.6 Å². The Morgan fingerprint density at radius 3 is 1.09 bits per heavy atom. The number of rotatable bonds is 58. The van der Waals surface area contributed by atoms with Gasteiger partial charge in [0, 0.05) is 19.3 Å². The van der Waals surface area contributed by atoms with E-state index in [4.69, 9.17) is 32.3 Å². The van der Waals surface area contributed by atoms with Gasteiger partial charge in [-0.1, -0.05) is 210 Å². The van der Waals surface area contributed by atoms with Crippen LogP contribution in [0.1, 0.15) is 252 Å². The fraction of sp³-hybridized carbons (Fsp3) is 0.787. The molecule has 0 aliphatic heterocycles. The number of aliphatic hydroxyl groups is 2. The Labute approximate surface area is 478 Å². The predicted molar refractivity (Wildman–Crippen MR) is 316 cm³/mol. The molecule has 0 aliphatic rings. The third-order valence-electron chi connectivity index (χ3n) is 12.7. The molecule has 5 atom stereocenters. The van der Waals surface area contributed by atoms with Crippen molar-refractivity contribution in [1.29, 1.82) is 0 Å². The lowest BCUT2D eigenvalue weighted by atomic mass is 10.0. The smallest absolute Gasteiger partial charge is 0.463 e. The lowest BCUT2D eigenvalue weighted by molar-refractivity contribution is -0.161. The summed E-state index contributed by atoms with van der Waals surface area (Å²) in [5, 5.41) is 20.4. The Kier molecular flexibility index (Phi) is 53.8. The average molecular weight is 1160 g/mol. The highest BCUT2D eigenvalue weighted by atomic mass is 31.2. The van der Waals surface area contributed by atoms with Crippen molar-refractivity contribution in [2.45, 2.75) is 270 Å². The summed E-state index contributed by atoms with van der Waals surface area (Å²) in [4.78, 5) is 58.1. The van der Waals surface area contributed by atoms with Crippen LogP contribution in [0.2, 0.25) is 0 Å². The number of hydrogen-bond acceptors (Lipinski definition) is 14. The van der Waals surface area contributed by atoms with Gasteiger partial charge in [-0.25, -0.2) is 9.13 Å². The zero-order chi connectivity index (χ0) is 58.2. The minimum Gasteiger partial charge on any atom is -0.463 e. The second-order valence-electron chi connectivity index (χ2n) is 20.5. The number of aliphatic hydroxyl groups excluding tert-OH is 2. The molecule has 0 radical (unpaired) electrons. The van der Waals surface area contributed by atoms with Crippen LogP contribution in [-0.2, 0) is 55.8 Å². The molecule has 0 rings (SSSR count). The molecule has 0 aromatic heterocycles. The number of hydrogen-bond donors (Lipinski definition) is 4. The molecular weight excluding hydrogens is 1050 g/mol. The Hall–Kier alpha value is -2.75. The fourth-order valence-corrected chi connectivity index (χ4v) is 9.61. The predicted octanol–water partition coefficient (Wildman–Crippen LogP) is 15.9. The van der Waals surface area contributed by atoms with Crippen LogP contribution in [0.5, 0.6) is 0 Å². The van der Waals surface area contributed by atoms with Crippen molar-refractivity contribution in [3.8, 4) is 0 Å². The van der Waals surface area contributed by atoms with Crippen molar-refractivity contribution in [2.24, 2.45) is 0 Å². The van der Waals surface area contributed by atoms with Gasteiger partial charge in [0.1, 0.15) is 25.4 Å². The number of carbonyl (C=O) groups excluding carboxylic acids is 3. The van der Waals surface area contributed by atoms with Crippen LogP contribution in [-0.4, -0.2) is 95.9 Å². The zero-order valence-corrected chi connectivity index (χ0v) is 51.1. The van der Waals surface area contributed by atoms with Crippen LogP contribution in [0.4, 0.5) is 0 Å². The Balaban J connectivity index is 4.71. The number of carbonyl (C=O) groups is 3. The highest BCUT2D eigenvalue weighted by Gasteiger charge is 2.29. The highest BCUT2D eigenvalue weighted by molar-refractivity contribution is 7.47. The summed E-state index contributed by atoms with van der Waals surface area (Å²) in [5.41, 5.74) is 0. The summed E-state index contributed by atoms with van der Waals surface area (Å²) in [6.07, 6.45) is 52.8. The summed E-state index contributed by atoms with van der Waals surface area (Å²) >= 11 is 0. The van der Waals surface area contributed by atoms with E-state index in [1.165, 1.54) is 70.6 Å². The van der Waals surface area contributed by atoms with E-state index in [0.29, 0.717) is 19.3 Å². The molecule has 0 amide bonds. The molecule has 18 heteroatoms. The first kappa shape index (κ1) is 76.2. The van der Waals surface area contributed by atoms with Gasteiger partial charge in [-0.2, -0.15) is 0 Å². The number of ether oxygens (including phenoxy) is 3. The summed E-state index contributed by atoms with van der Waals surface area (Å²) in [7, 11) is -9.76. The molecule has 0 aliphatic carbocycles. The first-order valence-electron chi connectivity index (χ1n) is 30.6. The molecule has 0 saturated carbocycles. The SMILES string of the molecule is CC/C=C\C/C=C\C/C=C\CCCCCCCC(=O)OCC(O)COP(=O)(O)OCC(O)COP(=O)(O)OCC(COC(=O)CCCCCCC/C=C\C/C=C\CCCCC)OC(=O)CCCCCCCCCCCCCCC. The van der Waals surface area contributed by atoms with Gasteiger partial charge in [-0.05, 0) is 83.5 Å². The van der Waals surface area contributed by atoms with Crippen LogP contribution in [0.3, 0.4) is 0 Å². The largest absolute Gasteiger partial charge is 0.472 e. The van der Waals surface area contributed by atoms with E-state index < -0.39 is 91.5 Å². The quantitative estimate of drug-likeness (QED) is 0.0146. The second-order valence-corrected chi connectivity index (χ2v) is 23.4. The molecule has 0 spiro atoms. The molecule has 4 N–H and O–H groups in total. The molecule has 0 aromatic rings. The van der Waals surface area contributed by atoms with Gasteiger partial charge in [0.05, 0.1) is 26.4 Å². The van der Waals surface area contributed by atoms with Crippen LogP contribution >= 0.6 is 15.6 Å². The number of esters is 3. The molecule has 5 unspecified atom stereocenters. The number of phosphoric ester groups is 2. The van der Waals surface area contributed by atoms with Crippen molar-refractivity contribution < 1.29 is 75.8 Å². The minimum absolute atomic E-state index is 0.106. The molecule has 0 fully saturated rings. The third kappa shape index (κ3) is 56.9. The maximum atomic E-state index is 12.9. The first-order valence-corrected chi connectivity index (χ1v) is 33.6. The summed E-state index contributed by atoms with van der Waals surface area (Å²) < 4.78 is 60.6. The zero-order valence-electron chi connectivity index (χ0n) is 49.3. The first-order chi connectivity index (χ1) is 38.2. The van der Waals surface area contributed by atoms with Crippen molar-refractivity contribution >= 4 is 33.6 Å². The van der Waals surface area contributed by atoms with Crippen molar-refractivity contribution in [3.05, 3.63) is 60.8 Å². The monoisotopic (exact) mass is 1160 g/mol. The topological polar surface area (TPSA) is 231 Å². The molecule has 460 valence electrons. The van der Waals surface area contributed by atoms with Crippen LogP contribution in [0.25, 0.3) is 0 Å². The molecule has 79 heavy (non-hydrogen) atoms. The van der Waals surface area contributed by atoms with E-state index in [0.717, 1.165) is 122 Å². The van der Waals surface area contributed by atoms with Gasteiger partial charge < -0.3 is 34.2 Å². The minimum atomic E-state index is -4.91. The maximum Gasteiger partial charge on any atom is 0.472 e. The highest BCUT2D eigenvalue weighted by Crippen LogP contribution is 2.45. The Morgan fingerprint density at radius 1 is 0.367 bits per heavy atom. The Morgan fingerprint density at radius 2 is 0.671 bits per heavy atom. The van der Waals surface area contributed by atoms with Gasteiger partial charge >= 0.3 is 33.6 Å². The Bertz CT molecular complexity index is 1700. The standard InChI is InChI=1S/C61H110O16P2/c1-4-7-10-13-16-19-22-25-27-30-32-35-38-41-44-47-59(64)71-50-56(62)51-73-78(67,68)74-52-57(63)53-75-79(69,70)76-55-58(77-61(66)49-46-43-40-37-34-29-24-21-18-15-12-9-6-3)54-72-60(65)48-45-42-39-36-33-31-28-26-23-20-17-14-11-8-5-2/h7,10,16-17,19-20,25-28,56-58,62-63H,4-6,8-9,11-15,18,21-24,29-55H2,1-3H3,(H,67,68)(H,69,70)/b10-7-,19-16-,20-17-,27-25-,28-26-. The van der Waals surface area contributed by atoms with Crippen LogP contribution in [0, 0.1) is 0 Å². The third-order valence-corrected chi connectivity index (χ3v) is 14.6. The van der Waals surface area contributed by atoms with Crippen LogP contribution in [0.15, 0.2) is 60.8 Å². The second kappa shape index (κ2) is 55.8. The van der Waals surface area contributed by atoms with Gasteiger partial charge in [-0.3, -0.25) is 32.5 Å². The van der Waals surface area contributed by atoms with Gasteiger partial charge in [0.15, 0.2) is 6.10 Å². The number of allylic oxidation sites excluding steroid dienone is 10. The van der Waals surface area contributed by atoms with E-state index in [9.17, 15) is 43.5 Å². The summed E-state index contributed by atoms with van der Waals surface area (Å²) in [6, 6.07) is 0. The number of phosphoric acid groups is 2.